The third kappa shape index (κ3) is 2.45. The van der Waals surface area contributed by atoms with Gasteiger partial charge in [-0.3, -0.25) is 9.69 Å². The van der Waals surface area contributed by atoms with E-state index in [9.17, 15) is 4.79 Å². The summed E-state index contributed by atoms with van der Waals surface area (Å²) in [6, 6.07) is 7.03. The molecule has 0 aromatic heterocycles. The van der Waals surface area contributed by atoms with Gasteiger partial charge in [-0.1, -0.05) is 11.6 Å². The second kappa shape index (κ2) is 5.38. The molecule has 2 aliphatic heterocycles. The van der Waals surface area contributed by atoms with Crippen LogP contribution in [-0.4, -0.2) is 42.9 Å². The van der Waals surface area contributed by atoms with Crippen molar-refractivity contribution >= 4 is 23.1 Å². The molecule has 20 heavy (non-hydrogen) atoms. The van der Waals surface area contributed by atoms with E-state index in [1.54, 1.807) is 13.0 Å². The van der Waals surface area contributed by atoms with Crippen LogP contribution in [0.2, 0.25) is 5.02 Å². The Kier molecular flexibility index (Phi) is 3.74. The average molecular weight is 293 g/mol. The summed E-state index contributed by atoms with van der Waals surface area (Å²) in [6.07, 6.45) is 3.80. The quantitative estimate of drug-likeness (QED) is 0.782. The molecule has 0 aliphatic carbocycles. The minimum absolute atomic E-state index is 0.0631. The van der Waals surface area contributed by atoms with E-state index in [1.165, 1.54) is 19.3 Å². The molecule has 3 rings (SSSR count). The van der Waals surface area contributed by atoms with Crippen LogP contribution in [0.25, 0.3) is 0 Å². The number of anilines is 1. The van der Waals surface area contributed by atoms with E-state index in [0.717, 1.165) is 24.8 Å². The molecule has 2 unspecified atom stereocenters. The van der Waals surface area contributed by atoms with Gasteiger partial charge < -0.3 is 4.90 Å². The molecule has 2 atom stereocenters. The highest BCUT2D eigenvalue weighted by atomic mass is 35.5. The first kappa shape index (κ1) is 13.9. The summed E-state index contributed by atoms with van der Waals surface area (Å²) in [7, 11) is 2.24. The Balaban J connectivity index is 1.84. The minimum Gasteiger partial charge on any atom is -0.369 e. The number of fused-ring (bicyclic) bond motifs is 2. The highest BCUT2D eigenvalue weighted by Gasteiger charge is 2.35. The second-order valence-corrected chi connectivity index (χ2v) is 6.41. The SMILES string of the molecule is CC(=O)c1ccc(N2CCC3CCC(C2)N3C)c(Cl)c1. The van der Waals surface area contributed by atoms with Gasteiger partial charge in [-0.05, 0) is 51.4 Å². The highest BCUT2D eigenvalue weighted by molar-refractivity contribution is 6.33. The lowest BCUT2D eigenvalue weighted by Gasteiger charge is -2.28. The fraction of sp³-hybridized carbons (Fsp3) is 0.562. The molecule has 2 heterocycles. The lowest BCUT2D eigenvalue weighted by molar-refractivity contribution is 0.101. The lowest BCUT2D eigenvalue weighted by atomic mass is 10.1. The Hall–Kier alpha value is -1.06. The maximum Gasteiger partial charge on any atom is 0.159 e. The summed E-state index contributed by atoms with van der Waals surface area (Å²) >= 11 is 6.39. The summed E-state index contributed by atoms with van der Waals surface area (Å²) < 4.78 is 0. The van der Waals surface area contributed by atoms with Crippen LogP contribution in [0, 0.1) is 0 Å². The first-order valence-electron chi connectivity index (χ1n) is 7.33. The van der Waals surface area contributed by atoms with Crippen molar-refractivity contribution < 1.29 is 4.79 Å². The van der Waals surface area contributed by atoms with Crippen LogP contribution in [0.3, 0.4) is 0 Å². The topological polar surface area (TPSA) is 23.6 Å². The van der Waals surface area contributed by atoms with Crippen LogP contribution < -0.4 is 4.90 Å². The van der Waals surface area contributed by atoms with Crippen LogP contribution >= 0.6 is 11.6 Å². The third-order valence-electron chi connectivity index (χ3n) is 4.84. The Morgan fingerprint density at radius 3 is 2.70 bits per heavy atom. The molecule has 1 aromatic rings. The minimum atomic E-state index is 0.0631. The van der Waals surface area contributed by atoms with Gasteiger partial charge in [0.1, 0.15) is 0 Å². The molecule has 1 aromatic carbocycles. The van der Waals surface area contributed by atoms with E-state index in [-0.39, 0.29) is 5.78 Å². The van der Waals surface area contributed by atoms with Crippen LogP contribution in [0.15, 0.2) is 18.2 Å². The van der Waals surface area contributed by atoms with Crippen LogP contribution in [0.5, 0.6) is 0 Å². The average Bonchev–Trinajstić information content (AvgIpc) is 2.64. The normalized spacial score (nSPS) is 26.6. The van der Waals surface area contributed by atoms with Crippen molar-refractivity contribution in [2.75, 3.05) is 25.0 Å². The number of hydrogen-bond acceptors (Lipinski definition) is 3. The van der Waals surface area contributed by atoms with Gasteiger partial charge in [-0.2, -0.15) is 0 Å². The fourth-order valence-corrected chi connectivity index (χ4v) is 3.81. The Bertz CT molecular complexity index is 531. The molecule has 2 bridgehead atoms. The van der Waals surface area contributed by atoms with E-state index in [4.69, 9.17) is 11.6 Å². The maximum absolute atomic E-state index is 11.4. The zero-order chi connectivity index (χ0) is 14.3. The largest absolute Gasteiger partial charge is 0.369 e. The van der Waals surface area contributed by atoms with Gasteiger partial charge in [0.05, 0.1) is 10.7 Å². The molecule has 3 nitrogen and oxygen atoms in total. The number of halogens is 1. The van der Waals surface area contributed by atoms with Crippen LogP contribution in [0.4, 0.5) is 5.69 Å². The van der Waals surface area contributed by atoms with Crippen molar-refractivity contribution in [1.29, 1.82) is 0 Å². The Labute approximate surface area is 125 Å². The zero-order valence-electron chi connectivity index (χ0n) is 12.1. The molecule has 0 radical (unpaired) electrons. The van der Waals surface area contributed by atoms with E-state index in [0.29, 0.717) is 16.6 Å². The highest BCUT2D eigenvalue weighted by Crippen LogP contribution is 2.34. The van der Waals surface area contributed by atoms with Crippen molar-refractivity contribution in [3.63, 3.8) is 0 Å². The Morgan fingerprint density at radius 1 is 1.25 bits per heavy atom. The molecule has 2 saturated heterocycles. The van der Waals surface area contributed by atoms with Gasteiger partial charge in [0.25, 0.3) is 0 Å². The first-order valence-corrected chi connectivity index (χ1v) is 7.71. The van der Waals surface area contributed by atoms with E-state index in [2.05, 4.69) is 16.8 Å². The van der Waals surface area contributed by atoms with Crippen LogP contribution in [0.1, 0.15) is 36.5 Å². The van der Waals surface area contributed by atoms with Crippen LogP contribution in [-0.2, 0) is 0 Å². The number of carbonyl (C=O) groups is 1. The molecule has 108 valence electrons. The summed E-state index contributed by atoms with van der Waals surface area (Å²) in [5.41, 5.74) is 1.75. The number of likely N-dealkylation sites (N-methyl/N-ethyl adjacent to an activating group) is 1. The molecule has 0 N–H and O–H groups in total. The van der Waals surface area contributed by atoms with Crippen molar-refractivity contribution in [2.24, 2.45) is 0 Å². The van der Waals surface area contributed by atoms with Crippen molar-refractivity contribution in [2.45, 2.75) is 38.3 Å². The number of benzene rings is 1. The Morgan fingerprint density at radius 2 is 2.00 bits per heavy atom. The first-order chi connectivity index (χ1) is 9.56. The van der Waals surface area contributed by atoms with Gasteiger partial charge in [0.15, 0.2) is 5.78 Å². The molecule has 0 amide bonds. The number of hydrogen-bond donors (Lipinski definition) is 0. The van der Waals surface area contributed by atoms with Crippen molar-refractivity contribution in [3.05, 3.63) is 28.8 Å². The smallest absolute Gasteiger partial charge is 0.159 e. The summed E-state index contributed by atoms with van der Waals surface area (Å²) in [5.74, 6) is 0.0631. The molecule has 4 heteroatoms. The molecule has 0 saturated carbocycles. The molecule has 0 spiro atoms. The van der Waals surface area contributed by atoms with E-state index < -0.39 is 0 Å². The molecule has 2 fully saturated rings. The summed E-state index contributed by atoms with van der Waals surface area (Å²) in [6.45, 7) is 3.65. The predicted octanol–water partition coefficient (Wildman–Crippen LogP) is 3.22. The van der Waals surface area contributed by atoms with Crippen molar-refractivity contribution in [3.8, 4) is 0 Å². The summed E-state index contributed by atoms with van der Waals surface area (Å²) in [4.78, 5) is 16.3. The number of Topliss-reactive ketones (excluding diaryl/α,β-unsaturated/α-hetero) is 1. The fourth-order valence-electron chi connectivity index (χ4n) is 3.51. The van der Waals surface area contributed by atoms with Gasteiger partial charge >= 0.3 is 0 Å². The summed E-state index contributed by atoms with van der Waals surface area (Å²) in [5, 5.41) is 0.693. The predicted molar refractivity (Wildman–Crippen MR) is 82.9 cm³/mol. The zero-order valence-corrected chi connectivity index (χ0v) is 12.9. The number of rotatable bonds is 2. The standard InChI is InChI=1S/C16H21ClN2O/c1-11(20)12-3-6-16(15(17)9-12)19-8-7-13-4-5-14(10-19)18(13)2/h3,6,9,13-14H,4-5,7-8,10H2,1-2H3. The van der Waals surface area contributed by atoms with Gasteiger partial charge in [-0.25, -0.2) is 0 Å². The molecule has 2 aliphatic rings. The number of carbonyl (C=O) groups excluding carboxylic acids is 1. The lowest BCUT2D eigenvalue weighted by Crippen LogP contribution is -2.36. The molecular weight excluding hydrogens is 272 g/mol. The third-order valence-corrected chi connectivity index (χ3v) is 5.15. The van der Waals surface area contributed by atoms with E-state index in [1.807, 2.05) is 12.1 Å². The van der Waals surface area contributed by atoms with Crippen molar-refractivity contribution in [1.82, 2.24) is 4.90 Å². The number of nitrogens with zero attached hydrogens (tertiary/aromatic N) is 2. The molecular formula is C16H21ClN2O. The monoisotopic (exact) mass is 292 g/mol. The second-order valence-electron chi connectivity index (χ2n) is 6.01. The van der Waals surface area contributed by atoms with Gasteiger partial charge in [0.2, 0.25) is 0 Å². The van der Waals surface area contributed by atoms with E-state index >= 15 is 0 Å². The van der Waals surface area contributed by atoms with Gasteiger partial charge in [-0.15, -0.1) is 0 Å². The maximum atomic E-state index is 11.4. The van der Waals surface area contributed by atoms with Gasteiger partial charge in [0, 0.05) is 30.7 Å². The number of ketones is 1.